The number of nitrogens with one attached hydrogen (secondary N) is 1. The van der Waals surface area contributed by atoms with E-state index in [0.717, 1.165) is 60.0 Å². The standard InChI is InChI=1S/C22H28N6OS/c1-2-6-14(7-3-1)23-21-20-18(25-27-26-21)17-19(28-10-12-29-13-11-28)15-8-4-5-9-16(15)24-22(17)30-20/h14H,1-13H2,(H,23,25,26). The van der Waals surface area contributed by atoms with Crippen molar-refractivity contribution < 1.29 is 4.74 Å². The molecule has 0 amide bonds. The van der Waals surface area contributed by atoms with E-state index in [0.29, 0.717) is 6.04 Å². The molecule has 1 N–H and O–H groups in total. The van der Waals surface area contributed by atoms with Gasteiger partial charge in [-0.15, -0.1) is 21.5 Å². The van der Waals surface area contributed by atoms with Gasteiger partial charge in [0.05, 0.1) is 24.3 Å². The minimum Gasteiger partial charge on any atom is -0.378 e. The molecule has 0 bridgehead atoms. The molecule has 0 aromatic carbocycles. The molecule has 4 heterocycles. The molecule has 0 spiro atoms. The largest absolute Gasteiger partial charge is 0.378 e. The molecule has 6 rings (SSSR count). The lowest BCUT2D eigenvalue weighted by molar-refractivity contribution is 0.122. The van der Waals surface area contributed by atoms with Crippen LogP contribution < -0.4 is 10.2 Å². The highest BCUT2D eigenvalue weighted by atomic mass is 32.1. The number of morpholine rings is 1. The van der Waals surface area contributed by atoms with Crippen LogP contribution in [0.5, 0.6) is 0 Å². The van der Waals surface area contributed by atoms with E-state index in [1.165, 1.54) is 67.3 Å². The molecule has 7 nitrogen and oxygen atoms in total. The van der Waals surface area contributed by atoms with Crippen molar-refractivity contribution in [2.45, 2.75) is 63.8 Å². The second-order valence-corrected chi connectivity index (χ2v) is 9.77. The van der Waals surface area contributed by atoms with E-state index in [-0.39, 0.29) is 0 Å². The van der Waals surface area contributed by atoms with Gasteiger partial charge in [-0.05, 0) is 49.3 Å². The molecule has 3 aromatic heterocycles. The van der Waals surface area contributed by atoms with Gasteiger partial charge in [-0.2, -0.15) is 0 Å². The molecule has 3 aromatic rings. The zero-order valence-corrected chi connectivity index (χ0v) is 18.1. The van der Waals surface area contributed by atoms with Crippen molar-refractivity contribution in [1.82, 2.24) is 20.4 Å². The Bertz CT molecular complexity index is 1070. The van der Waals surface area contributed by atoms with Gasteiger partial charge >= 0.3 is 0 Å². The van der Waals surface area contributed by atoms with Gasteiger partial charge in [0.1, 0.15) is 15.0 Å². The Labute approximate surface area is 180 Å². The van der Waals surface area contributed by atoms with Gasteiger partial charge in [-0.25, -0.2) is 4.98 Å². The third-order valence-electron chi connectivity index (χ3n) is 6.84. The Morgan fingerprint density at radius 2 is 1.80 bits per heavy atom. The van der Waals surface area contributed by atoms with E-state index in [9.17, 15) is 0 Å². The van der Waals surface area contributed by atoms with Gasteiger partial charge in [0.25, 0.3) is 0 Å². The maximum atomic E-state index is 5.65. The predicted octanol–water partition coefficient (Wildman–Crippen LogP) is 4.09. The first kappa shape index (κ1) is 18.7. The number of anilines is 2. The Hall–Kier alpha value is -2.06. The van der Waals surface area contributed by atoms with Gasteiger partial charge in [0.15, 0.2) is 5.82 Å². The first-order valence-electron chi connectivity index (χ1n) is 11.4. The van der Waals surface area contributed by atoms with Crippen molar-refractivity contribution in [3.05, 3.63) is 11.3 Å². The zero-order valence-electron chi connectivity index (χ0n) is 17.3. The molecular formula is C22H28N6OS. The molecule has 1 saturated heterocycles. The van der Waals surface area contributed by atoms with Crippen molar-refractivity contribution in [3.8, 4) is 0 Å². The summed E-state index contributed by atoms with van der Waals surface area (Å²) in [5.41, 5.74) is 5.01. The van der Waals surface area contributed by atoms with Crippen molar-refractivity contribution in [2.24, 2.45) is 0 Å². The van der Waals surface area contributed by atoms with Gasteiger partial charge < -0.3 is 15.0 Å². The molecule has 1 saturated carbocycles. The van der Waals surface area contributed by atoms with E-state index in [4.69, 9.17) is 9.72 Å². The molecule has 0 radical (unpaired) electrons. The van der Waals surface area contributed by atoms with Crippen molar-refractivity contribution in [1.29, 1.82) is 0 Å². The van der Waals surface area contributed by atoms with Crippen LogP contribution in [0.3, 0.4) is 0 Å². The topological polar surface area (TPSA) is 76.1 Å². The second-order valence-electron chi connectivity index (χ2n) is 8.77. The third kappa shape index (κ3) is 3.21. The van der Waals surface area contributed by atoms with Crippen LogP contribution in [0.15, 0.2) is 0 Å². The van der Waals surface area contributed by atoms with Crippen LogP contribution in [0.4, 0.5) is 11.5 Å². The fraction of sp³-hybridized carbons (Fsp3) is 0.636. The summed E-state index contributed by atoms with van der Waals surface area (Å²) >= 11 is 1.73. The zero-order chi connectivity index (χ0) is 19.9. The normalized spacial score (nSPS) is 20.6. The summed E-state index contributed by atoms with van der Waals surface area (Å²) in [6, 6.07) is 0.490. The van der Waals surface area contributed by atoms with E-state index in [1.807, 2.05) is 0 Å². The number of rotatable bonds is 3. The number of hydrogen-bond acceptors (Lipinski definition) is 8. The van der Waals surface area contributed by atoms with Gasteiger partial charge in [-0.1, -0.05) is 19.3 Å². The summed E-state index contributed by atoms with van der Waals surface area (Å²) < 4.78 is 6.75. The molecular weight excluding hydrogens is 396 g/mol. The quantitative estimate of drug-likeness (QED) is 0.678. The smallest absolute Gasteiger partial charge is 0.170 e. The highest BCUT2D eigenvalue weighted by Crippen LogP contribution is 2.44. The number of hydrogen-bond donors (Lipinski definition) is 1. The number of aromatic nitrogens is 4. The molecule has 1 aliphatic heterocycles. The molecule has 30 heavy (non-hydrogen) atoms. The van der Waals surface area contributed by atoms with E-state index >= 15 is 0 Å². The van der Waals surface area contributed by atoms with E-state index in [1.54, 1.807) is 11.3 Å². The molecule has 8 heteroatoms. The van der Waals surface area contributed by atoms with Crippen LogP contribution in [0.2, 0.25) is 0 Å². The fourth-order valence-corrected chi connectivity index (χ4v) is 6.41. The lowest BCUT2D eigenvalue weighted by Crippen LogP contribution is -2.37. The van der Waals surface area contributed by atoms with E-state index < -0.39 is 0 Å². The Balaban J connectivity index is 1.53. The Morgan fingerprint density at radius 3 is 2.67 bits per heavy atom. The highest BCUT2D eigenvalue weighted by Gasteiger charge is 2.27. The van der Waals surface area contributed by atoms with Crippen molar-refractivity contribution in [3.63, 3.8) is 0 Å². The average molecular weight is 425 g/mol. The van der Waals surface area contributed by atoms with Gasteiger partial charge in [0, 0.05) is 24.8 Å². The number of thiophene rings is 1. The maximum Gasteiger partial charge on any atom is 0.170 e. The molecule has 0 atom stereocenters. The van der Waals surface area contributed by atoms with E-state index in [2.05, 4.69) is 25.6 Å². The number of aryl methyl sites for hydroxylation is 1. The summed E-state index contributed by atoms with van der Waals surface area (Å²) in [4.78, 5) is 8.72. The van der Waals surface area contributed by atoms with Crippen molar-refractivity contribution in [2.75, 3.05) is 36.5 Å². The fourth-order valence-electron chi connectivity index (χ4n) is 5.33. The molecule has 2 aliphatic carbocycles. The number of pyridine rings is 1. The van der Waals surface area contributed by atoms with Crippen molar-refractivity contribution >= 4 is 43.3 Å². The summed E-state index contributed by atoms with van der Waals surface area (Å²) in [6.45, 7) is 3.41. The first-order valence-corrected chi connectivity index (χ1v) is 12.3. The van der Waals surface area contributed by atoms with Gasteiger partial charge in [-0.3, -0.25) is 0 Å². The second kappa shape index (κ2) is 7.89. The van der Waals surface area contributed by atoms with Crippen LogP contribution in [0, 0.1) is 0 Å². The molecule has 2 fully saturated rings. The lowest BCUT2D eigenvalue weighted by atomic mass is 9.93. The van der Waals surface area contributed by atoms with Crippen LogP contribution in [-0.2, 0) is 17.6 Å². The molecule has 3 aliphatic rings. The van der Waals surface area contributed by atoms with Crippen LogP contribution in [-0.4, -0.2) is 52.7 Å². The first-order chi connectivity index (χ1) is 14.9. The highest BCUT2D eigenvalue weighted by molar-refractivity contribution is 7.26. The maximum absolute atomic E-state index is 5.65. The molecule has 158 valence electrons. The summed E-state index contributed by atoms with van der Waals surface area (Å²) in [5, 5.41) is 18.0. The lowest BCUT2D eigenvalue weighted by Gasteiger charge is -2.33. The monoisotopic (exact) mass is 424 g/mol. The number of fused-ring (bicyclic) bond motifs is 4. The number of nitrogens with zero attached hydrogens (tertiary/aromatic N) is 5. The van der Waals surface area contributed by atoms with Crippen LogP contribution in [0.25, 0.3) is 20.4 Å². The summed E-state index contributed by atoms with van der Waals surface area (Å²) in [5.74, 6) is 0.890. The number of ether oxygens (including phenoxy) is 1. The minimum atomic E-state index is 0.490. The van der Waals surface area contributed by atoms with Crippen LogP contribution >= 0.6 is 11.3 Å². The minimum absolute atomic E-state index is 0.490. The summed E-state index contributed by atoms with van der Waals surface area (Å²) in [6.07, 6.45) is 11.0. The van der Waals surface area contributed by atoms with Gasteiger partial charge in [0.2, 0.25) is 0 Å². The summed E-state index contributed by atoms with van der Waals surface area (Å²) in [7, 11) is 0. The predicted molar refractivity (Wildman–Crippen MR) is 121 cm³/mol. The Morgan fingerprint density at radius 1 is 0.967 bits per heavy atom. The Kier molecular flexibility index (Phi) is 4.91. The average Bonchev–Trinajstić information content (AvgIpc) is 3.18. The SMILES string of the molecule is C1CCC(Nc2nnnc3c2sc2nc4c(c(N5CCOCC5)c23)CCCC4)CC1. The third-order valence-corrected chi connectivity index (χ3v) is 7.92. The molecule has 0 unspecified atom stereocenters. The van der Waals surface area contributed by atoms with Crippen LogP contribution in [0.1, 0.15) is 56.2 Å².